The molecule has 0 spiro atoms. The molecule has 1 fully saturated rings. The number of hydrogen-bond donors (Lipinski definition) is 1. The maximum Gasteiger partial charge on any atom is 0.191 e. The number of anilines is 1. The van der Waals surface area contributed by atoms with Gasteiger partial charge < -0.3 is 15.5 Å². The molecule has 1 aromatic heterocycles. The number of nitrogens with two attached hydrogens (primary N) is 1. The van der Waals surface area contributed by atoms with E-state index in [9.17, 15) is 0 Å². The van der Waals surface area contributed by atoms with Crippen LogP contribution in [-0.2, 0) is 0 Å². The molecule has 2 N–H and O–H groups in total. The average molecular weight is 309 g/mol. The maximum atomic E-state index is 6.10. The molecule has 1 aliphatic rings. The summed E-state index contributed by atoms with van der Waals surface area (Å²) in [5.41, 5.74) is 6.10. The van der Waals surface area contributed by atoms with Crippen molar-refractivity contribution in [2.24, 2.45) is 16.6 Å². The second-order valence-corrected chi connectivity index (χ2v) is 6.79. The number of unbranched alkanes of at least 4 members (excludes halogenated alkanes) is 1. The number of hydrogen-bond acceptors (Lipinski definition) is 4. The second-order valence-electron chi connectivity index (χ2n) is 5.92. The third-order valence-electron chi connectivity index (χ3n) is 3.76. The summed E-state index contributed by atoms with van der Waals surface area (Å²) in [6.07, 6.45) is 5.52. The van der Waals surface area contributed by atoms with Gasteiger partial charge in [-0.1, -0.05) is 26.7 Å². The van der Waals surface area contributed by atoms with E-state index < -0.39 is 0 Å². The minimum absolute atomic E-state index is 0.707. The monoisotopic (exact) mass is 309 g/mol. The third kappa shape index (κ3) is 5.19. The Bertz CT molecular complexity index is 421. The number of thiazole rings is 1. The molecule has 5 nitrogen and oxygen atoms in total. The molecule has 0 saturated carbocycles. The van der Waals surface area contributed by atoms with Crippen molar-refractivity contribution in [3.05, 3.63) is 11.6 Å². The van der Waals surface area contributed by atoms with Gasteiger partial charge >= 0.3 is 0 Å². The summed E-state index contributed by atoms with van der Waals surface area (Å²) < 4.78 is 0. The van der Waals surface area contributed by atoms with Crippen LogP contribution in [0, 0.1) is 5.92 Å². The number of piperazine rings is 1. The summed E-state index contributed by atoms with van der Waals surface area (Å²) >= 11 is 1.70. The van der Waals surface area contributed by atoms with Crippen LogP contribution in [0.5, 0.6) is 0 Å². The van der Waals surface area contributed by atoms with E-state index in [0.717, 1.165) is 50.2 Å². The topological polar surface area (TPSA) is 57.8 Å². The minimum Gasteiger partial charge on any atom is -0.370 e. The van der Waals surface area contributed by atoms with Crippen LogP contribution in [0.4, 0.5) is 5.13 Å². The molecule has 0 unspecified atom stereocenters. The minimum atomic E-state index is 0.707. The molecule has 1 aliphatic heterocycles. The molecule has 2 rings (SSSR count). The highest BCUT2D eigenvalue weighted by molar-refractivity contribution is 7.13. The average Bonchev–Trinajstić information content (AvgIpc) is 3.01. The van der Waals surface area contributed by atoms with Crippen LogP contribution in [0.2, 0.25) is 0 Å². The number of nitrogens with zero attached hydrogens (tertiary/aromatic N) is 4. The molecule has 2 heterocycles. The molecule has 1 aromatic rings. The van der Waals surface area contributed by atoms with Gasteiger partial charge in [-0.25, -0.2) is 4.98 Å². The number of guanidine groups is 1. The molecule has 0 aromatic carbocycles. The fourth-order valence-electron chi connectivity index (χ4n) is 2.46. The molecule has 118 valence electrons. The standard InChI is InChI=1S/C15H27N5S/c1-13(2)5-3-4-6-17-14(16)19-8-10-20(11-9-19)15-18-7-12-21-15/h7,12-13H,3-6,8-11H2,1-2H3,(H2,16,17). The lowest BCUT2D eigenvalue weighted by atomic mass is 10.1. The molecule has 0 amide bonds. The zero-order valence-electron chi connectivity index (χ0n) is 13.2. The predicted octanol–water partition coefficient (Wildman–Crippen LogP) is 2.41. The van der Waals surface area contributed by atoms with E-state index in [0.29, 0.717) is 5.96 Å². The van der Waals surface area contributed by atoms with E-state index in [2.05, 4.69) is 33.6 Å². The summed E-state index contributed by atoms with van der Waals surface area (Å²) in [7, 11) is 0. The van der Waals surface area contributed by atoms with Gasteiger partial charge in [-0.2, -0.15) is 0 Å². The Labute approximate surface area is 131 Å². The molecule has 0 aliphatic carbocycles. The Morgan fingerprint density at radius 3 is 2.71 bits per heavy atom. The van der Waals surface area contributed by atoms with Gasteiger partial charge in [0.15, 0.2) is 11.1 Å². The third-order valence-corrected chi connectivity index (χ3v) is 4.59. The number of aromatic nitrogens is 1. The van der Waals surface area contributed by atoms with Crippen LogP contribution in [-0.4, -0.2) is 48.6 Å². The van der Waals surface area contributed by atoms with Crippen molar-refractivity contribution in [1.29, 1.82) is 0 Å². The Morgan fingerprint density at radius 2 is 2.10 bits per heavy atom. The number of rotatable bonds is 6. The van der Waals surface area contributed by atoms with Crippen molar-refractivity contribution in [1.82, 2.24) is 9.88 Å². The van der Waals surface area contributed by atoms with Crippen LogP contribution in [0.1, 0.15) is 33.1 Å². The van der Waals surface area contributed by atoms with Gasteiger partial charge in [0.05, 0.1) is 0 Å². The Morgan fingerprint density at radius 1 is 1.33 bits per heavy atom. The summed E-state index contributed by atoms with van der Waals surface area (Å²) in [5, 5.41) is 3.13. The van der Waals surface area contributed by atoms with Crippen molar-refractivity contribution < 1.29 is 0 Å². The van der Waals surface area contributed by atoms with Gasteiger partial charge in [-0.15, -0.1) is 11.3 Å². The zero-order valence-corrected chi connectivity index (χ0v) is 14.0. The van der Waals surface area contributed by atoms with Gasteiger partial charge in [-0.05, 0) is 12.3 Å². The highest BCUT2D eigenvalue weighted by Crippen LogP contribution is 2.18. The fraction of sp³-hybridized carbons (Fsp3) is 0.733. The SMILES string of the molecule is CC(C)CCCCN=C(N)N1CCN(c2nccs2)CC1. The molecule has 0 radical (unpaired) electrons. The summed E-state index contributed by atoms with van der Waals surface area (Å²) in [6.45, 7) is 9.18. The van der Waals surface area contributed by atoms with Crippen LogP contribution in [0.25, 0.3) is 0 Å². The Kier molecular flexibility index (Phi) is 6.29. The number of aliphatic imine (C=N–C) groups is 1. The normalized spacial score (nSPS) is 16.8. The second kappa shape index (κ2) is 8.22. The lowest BCUT2D eigenvalue weighted by Crippen LogP contribution is -2.51. The van der Waals surface area contributed by atoms with Crippen molar-refractivity contribution in [2.45, 2.75) is 33.1 Å². The summed E-state index contributed by atoms with van der Waals surface area (Å²) in [4.78, 5) is 13.4. The smallest absolute Gasteiger partial charge is 0.191 e. The highest BCUT2D eigenvalue weighted by atomic mass is 32.1. The summed E-state index contributed by atoms with van der Waals surface area (Å²) in [5.74, 6) is 1.49. The molecule has 21 heavy (non-hydrogen) atoms. The van der Waals surface area contributed by atoms with Crippen LogP contribution in [0.3, 0.4) is 0 Å². The van der Waals surface area contributed by atoms with Gasteiger partial charge in [-0.3, -0.25) is 4.99 Å². The van der Waals surface area contributed by atoms with Crippen LogP contribution >= 0.6 is 11.3 Å². The molecule has 0 bridgehead atoms. The zero-order chi connectivity index (χ0) is 15.1. The van der Waals surface area contributed by atoms with E-state index in [1.165, 1.54) is 12.8 Å². The first-order chi connectivity index (χ1) is 10.2. The van der Waals surface area contributed by atoms with Crippen LogP contribution in [0.15, 0.2) is 16.6 Å². The molecule has 0 atom stereocenters. The molecule has 6 heteroatoms. The Hall–Kier alpha value is -1.30. The van der Waals surface area contributed by atoms with Gasteiger partial charge in [0.25, 0.3) is 0 Å². The van der Waals surface area contributed by atoms with E-state index in [1.807, 2.05) is 11.6 Å². The summed E-state index contributed by atoms with van der Waals surface area (Å²) in [6, 6.07) is 0. The molecular formula is C15H27N5S. The van der Waals surface area contributed by atoms with Gasteiger partial charge in [0.1, 0.15) is 0 Å². The van der Waals surface area contributed by atoms with Gasteiger partial charge in [0.2, 0.25) is 0 Å². The molecular weight excluding hydrogens is 282 g/mol. The van der Waals surface area contributed by atoms with Crippen LogP contribution < -0.4 is 10.6 Å². The highest BCUT2D eigenvalue weighted by Gasteiger charge is 2.19. The van der Waals surface area contributed by atoms with E-state index >= 15 is 0 Å². The first kappa shape index (κ1) is 16.1. The lowest BCUT2D eigenvalue weighted by Gasteiger charge is -2.35. The Balaban J connectivity index is 1.68. The van der Waals surface area contributed by atoms with Crippen molar-refractivity contribution >= 4 is 22.4 Å². The molecule has 1 saturated heterocycles. The van der Waals surface area contributed by atoms with E-state index in [4.69, 9.17) is 5.73 Å². The first-order valence-corrected chi connectivity index (χ1v) is 8.74. The van der Waals surface area contributed by atoms with E-state index in [-0.39, 0.29) is 0 Å². The predicted molar refractivity (Wildman–Crippen MR) is 91.1 cm³/mol. The van der Waals surface area contributed by atoms with Crippen molar-refractivity contribution in [2.75, 3.05) is 37.6 Å². The lowest BCUT2D eigenvalue weighted by molar-refractivity contribution is 0.380. The fourth-order valence-corrected chi connectivity index (χ4v) is 3.15. The van der Waals surface area contributed by atoms with Crippen molar-refractivity contribution in [3.63, 3.8) is 0 Å². The first-order valence-electron chi connectivity index (χ1n) is 7.86. The van der Waals surface area contributed by atoms with Gasteiger partial charge in [0, 0.05) is 44.3 Å². The quantitative estimate of drug-likeness (QED) is 0.498. The van der Waals surface area contributed by atoms with Crippen molar-refractivity contribution in [3.8, 4) is 0 Å². The van der Waals surface area contributed by atoms with E-state index in [1.54, 1.807) is 11.3 Å². The maximum absolute atomic E-state index is 6.10. The largest absolute Gasteiger partial charge is 0.370 e.